The molecular weight excluding hydrogens is 290 g/mol. The predicted molar refractivity (Wildman–Crippen MR) is 77.3 cm³/mol. The average molecular weight is 307 g/mol. The van der Waals surface area contributed by atoms with E-state index in [4.69, 9.17) is 4.52 Å². The largest absolute Gasteiger partial charge is 0.339 e. The van der Waals surface area contributed by atoms with Crippen LogP contribution in [0.3, 0.4) is 0 Å². The lowest BCUT2D eigenvalue weighted by molar-refractivity contribution is 0.342. The fourth-order valence-corrected chi connectivity index (χ4v) is 4.09. The van der Waals surface area contributed by atoms with Crippen LogP contribution in [0.2, 0.25) is 0 Å². The van der Waals surface area contributed by atoms with E-state index in [1.807, 2.05) is 25.1 Å². The highest BCUT2D eigenvalue weighted by atomic mass is 32.2. The lowest BCUT2D eigenvalue weighted by atomic mass is 9.99. The van der Waals surface area contributed by atoms with Gasteiger partial charge in [-0.1, -0.05) is 11.2 Å². The lowest BCUT2D eigenvalue weighted by Crippen LogP contribution is -2.24. The molecule has 0 bridgehead atoms. The number of nitrogens with zero attached hydrogens (tertiary/aromatic N) is 3. The van der Waals surface area contributed by atoms with Crippen molar-refractivity contribution in [1.82, 2.24) is 15.1 Å². The zero-order chi connectivity index (χ0) is 14.9. The van der Waals surface area contributed by atoms with E-state index in [0.29, 0.717) is 42.6 Å². The predicted octanol–water partition coefficient (Wildman–Crippen LogP) is 1.81. The molecule has 0 unspecified atom stereocenters. The number of rotatable bonds is 3. The number of aryl methyl sites for hydroxylation is 1. The topological polar surface area (TPSA) is 86.0 Å². The fourth-order valence-electron chi connectivity index (χ4n) is 2.50. The van der Waals surface area contributed by atoms with Crippen LogP contribution < -0.4 is 0 Å². The molecule has 0 N–H and O–H groups in total. The van der Waals surface area contributed by atoms with Crippen LogP contribution in [-0.2, 0) is 16.3 Å². The third kappa shape index (κ3) is 3.47. The van der Waals surface area contributed by atoms with Crippen molar-refractivity contribution in [1.29, 1.82) is 0 Å². The van der Waals surface area contributed by atoms with E-state index >= 15 is 0 Å². The Labute approximate surface area is 123 Å². The normalized spacial score (nSPS) is 18.7. The first-order valence-electron chi connectivity index (χ1n) is 6.99. The van der Waals surface area contributed by atoms with Gasteiger partial charge in [-0.25, -0.2) is 13.4 Å². The van der Waals surface area contributed by atoms with E-state index in [0.717, 1.165) is 5.69 Å². The Hall–Kier alpha value is -1.76. The molecule has 0 radical (unpaired) electrons. The Morgan fingerprint density at radius 1 is 1.24 bits per heavy atom. The molecule has 0 spiro atoms. The van der Waals surface area contributed by atoms with E-state index in [-0.39, 0.29) is 11.5 Å². The molecule has 2 aromatic heterocycles. The highest BCUT2D eigenvalue weighted by Crippen LogP contribution is 2.23. The lowest BCUT2D eigenvalue weighted by Gasteiger charge is -2.19. The standard InChI is InChI=1S/C14H17N3O3S/c1-10-3-2-4-12(15-10)14-16-13(20-17-14)9-11-5-7-21(18,19)8-6-11/h2-4,11H,5-9H2,1H3. The second kappa shape index (κ2) is 5.55. The van der Waals surface area contributed by atoms with Gasteiger partial charge in [0.25, 0.3) is 0 Å². The number of pyridine rings is 1. The van der Waals surface area contributed by atoms with Crippen molar-refractivity contribution in [2.75, 3.05) is 11.5 Å². The molecule has 1 saturated heterocycles. The maximum absolute atomic E-state index is 11.4. The highest BCUT2D eigenvalue weighted by molar-refractivity contribution is 7.91. The zero-order valence-electron chi connectivity index (χ0n) is 11.8. The van der Waals surface area contributed by atoms with Crippen LogP contribution in [0, 0.1) is 12.8 Å². The third-order valence-electron chi connectivity index (χ3n) is 3.72. The zero-order valence-corrected chi connectivity index (χ0v) is 12.6. The molecule has 1 fully saturated rings. The number of hydrogen-bond donors (Lipinski definition) is 0. The second-order valence-electron chi connectivity index (χ2n) is 5.48. The molecule has 3 rings (SSSR count). The van der Waals surface area contributed by atoms with E-state index < -0.39 is 9.84 Å². The van der Waals surface area contributed by atoms with Gasteiger partial charge < -0.3 is 4.52 Å². The minimum atomic E-state index is -2.83. The van der Waals surface area contributed by atoms with Crippen LogP contribution in [0.5, 0.6) is 0 Å². The van der Waals surface area contributed by atoms with Gasteiger partial charge in [0.05, 0.1) is 11.5 Å². The van der Waals surface area contributed by atoms with Crippen LogP contribution >= 0.6 is 0 Å². The van der Waals surface area contributed by atoms with Gasteiger partial charge in [0.1, 0.15) is 15.5 Å². The Morgan fingerprint density at radius 3 is 2.71 bits per heavy atom. The van der Waals surface area contributed by atoms with Crippen molar-refractivity contribution < 1.29 is 12.9 Å². The molecule has 1 aliphatic heterocycles. The molecule has 3 heterocycles. The molecule has 2 aromatic rings. The summed E-state index contributed by atoms with van der Waals surface area (Å²) in [5.74, 6) is 1.86. The minimum Gasteiger partial charge on any atom is -0.339 e. The van der Waals surface area contributed by atoms with Gasteiger partial charge in [-0.3, -0.25) is 0 Å². The first-order valence-corrected chi connectivity index (χ1v) is 8.81. The fraction of sp³-hybridized carbons (Fsp3) is 0.500. The molecule has 0 aliphatic carbocycles. The molecule has 21 heavy (non-hydrogen) atoms. The average Bonchev–Trinajstić information content (AvgIpc) is 2.90. The molecular formula is C14H17N3O3S. The Kier molecular flexibility index (Phi) is 3.75. The summed E-state index contributed by atoms with van der Waals surface area (Å²) in [7, 11) is -2.83. The summed E-state index contributed by atoms with van der Waals surface area (Å²) in [5, 5.41) is 3.95. The molecule has 7 heteroatoms. The van der Waals surface area contributed by atoms with Crippen molar-refractivity contribution >= 4 is 9.84 Å². The third-order valence-corrected chi connectivity index (χ3v) is 5.44. The SMILES string of the molecule is Cc1cccc(-c2noc(CC3CCS(=O)(=O)CC3)n2)n1. The van der Waals surface area contributed by atoms with Crippen molar-refractivity contribution in [3.8, 4) is 11.5 Å². The molecule has 0 amide bonds. The highest BCUT2D eigenvalue weighted by Gasteiger charge is 2.25. The summed E-state index contributed by atoms with van der Waals surface area (Å²) >= 11 is 0. The van der Waals surface area contributed by atoms with E-state index in [2.05, 4.69) is 15.1 Å². The Morgan fingerprint density at radius 2 is 2.00 bits per heavy atom. The first kappa shape index (κ1) is 14.2. The van der Waals surface area contributed by atoms with Crippen LogP contribution in [0.4, 0.5) is 0 Å². The van der Waals surface area contributed by atoms with Gasteiger partial charge in [0.2, 0.25) is 11.7 Å². The van der Waals surface area contributed by atoms with E-state index in [1.54, 1.807) is 0 Å². The summed E-state index contributed by atoms with van der Waals surface area (Å²) < 4.78 is 28.1. The first-order chi connectivity index (χ1) is 10.0. The summed E-state index contributed by atoms with van der Waals surface area (Å²) in [5.41, 5.74) is 1.59. The summed E-state index contributed by atoms with van der Waals surface area (Å²) in [4.78, 5) is 8.72. The minimum absolute atomic E-state index is 0.262. The van der Waals surface area contributed by atoms with Gasteiger partial charge in [0, 0.05) is 12.1 Å². The Bertz CT molecular complexity index is 725. The van der Waals surface area contributed by atoms with Crippen LogP contribution in [-0.4, -0.2) is 35.0 Å². The van der Waals surface area contributed by atoms with Crippen molar-refractivity contribution in [3.63, 3.8) is 0 Å². The smallest absolute Gasteiger partial charge is 0.227 e. The summed E-state index contributed by atoms with van der Waals surface area (Å²) in [6.07, 6.45) is 1.97. The molecule has 112 valence electrons. The summed E-state index contributed by atoms with van der Waals surface area (Å²) in [6, 6.07) is 5.65. The molecule has 1 aliphatic rings. The summed E-state index contributed by atoms with van der Waals surface area (Å²) in [6.45, 7) is 1.91. The van der Waals surface area contributed by atoms with Gasteiger partial charge >= 0.3 is 0 Å². The van der Waals surface area contributed by atoms with Crippen molar-refractivity contribution in [2.24, 2.45) is 5.92 Å². The molecule has 6 nitrogen and oxygen atoms in total. The van der Waals surface area contributed by atoms with E-state index in [9.17, 15) is 8.42 Å². The molecule has 0 saturated carbocycles. The van der Waals surface area contributed by atoms with Gasteiger partial charge in [0.15, 0.2) is 0 Å². The van der Waals surface area contributed by atoms with Gasteiger partial charge in [-0.05, 0) is 37.8 Å². The van der Waals surface area contributed by atoms with Crippen LogP contribution in [0.25, 0.3) is 11.5 Å². The maximum Gasteiger partial charge on any atom is 0.227 e. The number of sulfone groups is 1. The number of hydrogen-bond acceptors (Lipinski definition) is 6. The second-order valence-corrected chi connectivity index (χ2v) is 7.78. The van der Waals surface area contributed by atoms with E-state index in [1.165, 1.54) is 0 Å². The van der Waals surface area contributed by atoms with Crippen LogP contribution in [0.1, 0.15) is 24.4 Å². The number of aromatic nitrogens is 3. The van der Waals surface area contributed by atoms with Crippen molar-refractivity contribution in [2.45, 2.75) is 26.2 Å². The molecule has 0 aromatic carbocycles. The quantitative estimate of drug-likeness (QED) is 0.859. The van der Waals surface area contributed by atoms with Crippen molar-refractivity contribution in [3.05, 3.63) is 29.8 Å². The van der Waals surface area contributed by atoms with Gasteiger partial charge in [-0.15, -0.1) is 0 Å². The Balaban J connectivity index is 1.68. The monoisotopic (exact) mass is 307 g/mol. The van der Waals surface area contributed by atoms with Gasteiger partial charge in [-0.2, -0.15) is 4.98 Å². The molecule has 0 atom stereocenters. The van der Waals surface area contributed by atoms with Crippen LogP contribution in [0.15, 0.2) is 22.7 Å². The maximum atomic E-state index is 11.4.